The van der Waals surface area contributed by atoms with Crippen LogP contribution in [-0.2, 0) is 6.42 Å². The second kappa shape index (κ2) is 5.48. The number of aliphatic hydroxyl groups excluding tert-OH is 1. The van der Waals surface area contributed by atoms with Gasteiger partial charge in [0.05, 0.1) is 12.0 Å². The molecule has 0 aliphatic heterocycles. The Kier molecular flexibility index (Phi) is 3.49. The van der Waals surface area contributed by atoms with Crippen molar-refractivity contribution in [3.05, 3.63) is 64.5 Å². The minimum Gasteiger partial charge on any atom is -0.382 e. The molecule has 7 heteroatoms. The molecule has 0 saturated carbocycles. The number of aliphatic hydroxyl groups is 1. The van der Waals surface area contributed by atoms with Gasteiger partial charge in [-0.1, -0.05) is 6.07 Å². The van der Waals surface area contributed by atoms with Crippen LogP contribution in [0.1, 0.15) is 22.9 Å². The van der Waals surface area contributed by atoms with Crippen molar-refractivity contribution in [2.75, 3.05) is 0 Å². The van der Waals surface area contributed by atoms with Crippen LogP contribution in [0, 0.1) is 17.1 Å². The number of nitrogens with zero attached hydrogens (tertiary/aromatic N) is 2. The molecule has 0 bridgehead atoms. The van der Waals surface area contributed by atoms with Crippen LogP contribution in [0.25, 0.3) is 16.1 Å². The Morgan fingerprint density at radius 3 is 2.80 bits per heavy atom. The van der Waals surface area contributed by atoms with Crippen molar-refractivity contribution in [2.45, 2.75) is 18.4 Å². The normalized spacial score (nSPS) is 18.1. The second-order valence-electron chi connectivity index (χ2n) is 5.87. The van der Waals surface area contributed by atoms with Gasteiger partial charge in [-0.25, -0.2) is 13.2 Å². The number of thiophene rings is 1. The summed E-state index contributed by atoms with van der Waals surface area (Å²) in [6.45, 7) is 0. The van der Waals surface area contributed by atoms with Gasteiger partial charge in [0.1, 0.15) is 18.0 Å². The molecule has 25 heavy (non-hydrogen) atoms. The van der Waals surface area contributed by atoms with Crippen LogP contribution >= 0.6 is 11.3 Å². The molecule has 2 aromatic heterocycles. The van der Waals surface area contributed by atoms with Crippen molar-refractivity contribution < 1.29 is 18.3 Å². The van der Waals surface area contributed by atoms with Gasteiger partial charge in [0.2, 0.25) is 0 Å². The van der Waals surface area contributed by atoms with E-state index in [-0.39, 0.29) is 16.8 Å². The van der Waals surface area contributed by atoms with Crippen LogP contribution in [0.5, 0.6) is 0 Å². The first-order valence-electron chi connectivity index (χ1n) is 7.46. The Labute approximate surface area is 145 Å². The van der Waals surface area contributed by atoms with E-state index in [1.165, 1.54) is 28.0 Å². The molecule has 0 saturated heterocycles. The highest BCUT2D eigenvalue weighted by Crippen LogP contribution is 2.49. The van der Waals surface area contributed by atoms with E-state index in [1.807, 2.05) is 5.38 Å². The zero-order valence-electron chi connectivity index (χ0n) is 12.7. The minimum absolute atomic E-state index is 0.164. The highest BCUT2D eigenvalue weighted by molar-refractivity contribution is 7.13. The fourth-order valence-corrected chi connectivity index (χ4v) is 3.94. The first kappa shape index (κ1) is 15.9. The summed E-state index contributed by atoms with van der Waals surface area (Å²) in [7, 11) is 0. The van der Waals surface area contributed by atoms with E-state index in [1.54, 1.807) is 24.4 Å². The number of fused-ring (bicyclic) bond motifs is 1. The molecule has 0 amide bonds. The van der Waals surface area contributed by atoms with Crippen LogP contribution in [0.15, 0.2) is 41.9 Å². The summed E-state index contributed by atoms with van der Waals surface area (Å²) in [5.74, 6) is -3.93. The molecular formula is C18H11F3N2OS. The molecule has 1 aromatic carbocycles. The van der Waals surface area contributed by atoms with E-state index < -0.39 is 24.3 Å². The van der Waals surface area contributed by atoms with Crippen LogP contribution in [0.2, 0.25) is 0 Å². The topological polar surface area (TPSA) is 49.0 Å². The van der Waals surface area contributed by atoms with Gasteiger partial charge in [0.15, 0.2) is 0 Å². The smallest absolute Gasteiger partial charge is 0.283 e. The zero-order valence-corrected chi connectivity index (χ0v) is 13.5. The summed E-state index contributed by atoms with van der Waals surface area (Å²) < 4.78 is 43.3. The van der Waals surface area contributed by atoms with Gasteiger partial charge >= 0.3 is 0 Å². The molecular weight excluding hydrogens is 349 g/mol. The predicted octanol–water partition coefficient (Wildman–Crippen LogP) is 4.44. The molecule has 0 radical (unpaired) electrons. The number of rotatable bonds is 2. The van der Waals surface area contributed by atoms with Crippen molar-refractivity contribution in [1.82, 2.24) is 4.57 Å². The number of hydrogen-bond donors (Lipinski definition) is 1. The van der Waals surface area contributed by atoms with E-state index in [9.17, 15) is 18.3 Å². The first-order valence-corrected chi connectivity index (χ1v) is 8.34. The van der Waals surface area contributed by atoms with E-state index in [0.29, 0.717) is 11.3 Å². The Morgan fingerprint density at radius 1 is 1.32 bits per heavy atom. The summed E-state index contributed by atoms with van der Waals surface area (Å²) >= 11 is 1.38. The van der Waals surface area contributed by atoms with Gasteiger partial charge in [0.25, 0.3) is 5.92 Å². The highest BCUT2D eigenvalue weighted by atomic mass is 32.1. The fraction of sp³-hybridized carbons (Fsp3) is 0.167. The van der Waals surface area contributed by atoms with Crippen molar-refractivity contribution >= 4 is 11.3 Å². The third-order valence-corrected chi connectivity index (χ3v) is 5.27. The standard InChI is InChI=1S/C18H11F3N2OS/c19-13-4-3-11(6-10(13)8-22)23-9-12(15-2-1-5-25-15)16-14(23)7-18(20,21)17(16)24/h1-6,9,17,24H,7H2. The molecule has 126 valence electrons. The third kappa shape index (κ3) is 2.37. The third-order valence-electron chi connectivity index (χ3n) is 4.36. The molecule has 3 aromatic rings. The number of hydrogen-bond acceptors (Lipinski definition) is 3. The van der Waals surface area contributed by atoms with Crippen LogP contribution in [0.3, 0.4) is 0 Å². The van der Waals surface area contributed by atoms with E-state index in [2.05, 4.69) is 0 Å². The monoisotopic (exact) mass is 360 g/mol. The van der Waals surface area contributed by atoms with E-state index >= 15 is 0 Å². The van der Waals surface area contributed by atoms with Crippen LogP contribution < -0.4 is 0 Å². The van der Waals surface area contributed by atoms with Crippen molar-refractivity contribution in [2.24, 2.45) is 0 Å². The van der Waals surface area contributed by atoms with Crippen molar-refractivity contribution in [1.29, 1.82) is 5.26 Å². The largest absolute Gasteiger partial charge is 0.382 e. The zero-order chi connectivity index (χ0) is 17.8. The molecule has 3 nitrogen and oxygen atoms in total. The SMILES string of the molecule is N#Cc1cc(-n2cc(-c3cccs3)c3c2CC(F)(F)C3O)ccc1F. The van der Waals surface area contributed by atoms with Gasteiger partial charge in [-0.2, -0.15) is 5.26 Å². The van der Waals surface area contributed by atoms with Crippen molar-refractivity contribution in [3.63, 3.8) is 0 Å². The molecule has 0 spiro atoms. The Hall–Kier alpha value is -2.56. The lowest BCUT2D eigenvalue weighted by molar-refractivity contribution is -0.0970. The maximum absolute atomic E-state index is 14.1. The predicted molar refractivity (Wildman–Crippen MR) is 87.4 cm³/mol. The fourth-order valence-electron chi connectivity index (χ4n) is 3.19. The van der Waals surface area contributed by atoms with Crippen molar-refractivity contribution in [3.8, 4) is 22.2 Å². The first-order chi connectivity index (χ1) is 11.9. The quantitative estimate of drug-likeness (QED) is 0.734. The lowest BCUT2D eigenvalue weighted by Crippen LogP contribution is -2.22. The Balaban J connectivity index is 1.96. The summed E-state index contributed by atoms with van der Waals surface area (Å²) in [5.41, 5.74) is 1.23. The summed E-state index contributed by atoms with van der Waals surface area (Å²) in [6.07, 6.45) is -0.853. The summed E-state index contributed by atoms with van der Waals surface area (Å²) in [6, 6.07) is 9.22. The highest BCUT2D eigenvalue weighted by Gasteiger charge is 2.50. The van der Waals surface area contributed by atoms with Gasteiger partial charge in [-0.15, -0.1) is 11.3 Å². The number of aromatic nitrogens is 1. The lowest BCUT2D eigenvalue weighted by atomic mass is 10.1. The molecule has 2 heterocycles. The summed E-state index contributed by atoms with van der Waals surface area (Å²) in [4.78, 5) is 0.759. The summed E-state index contributed by atoms with van der Waals surface area (Å²) in [5, 5.41) is 21.0. The lowest BCUT2D eigenvalue weighted by Gasteiger charge is -2.15. The van der Waals surface area contributed by atoms with Gasteiger partial charge in [0, 0.05) is 33.6 Å². The van der Waals surface area contributed by atoms with Gasteiger partial charge in [-0.05, 0) is 29.6 Å². The molecule has 4 rings (SSSR count). The molecule has 1 aliphatic carbocycles. The van der Waals surface area contributed by atoms with E-state index in [0.717, 1.165) is 10.9 Å². The van der Waals surface area contributed by atoms with Crippen LogP contribution in [-0.4, -0.2) is 15.6 Å². The minimum atomic E-state index is -3.27. The molecule has 1 aliphatic rings. The average Bonchev–Trinajstić information content (AvgIpc) is 3.26. The Morgan fingerprint density at radius 2 is 2.12 bits per heavy atom. The number of alkyl halides is 2. The molecule has 0 fully saturated rings. The number of benzene rings is 1. The maximum Gasteiger partial charge on any atom is 0.283 e. The molecule has 1 N–H and O–H groups in total. The van der Waals surface area contributed by atoms with Gasteiger partial charge in [-0.3, -0.25) is 0 Å². The Bertz CT molecular complexity index is 1000. The van der Waals surface area contributed by atoms with Gasteiger partial charge < -0.3 is 9.67 Å². The maximum atomic E-state index is 14.1. The van der Waals surface area contributed by atoms with E-state index in [4.69, 9.17) is 5.26 Å². The molecule has 1 atom stereocenters. The molecule has 1 unspecified atom stereocenters. The average molecular weight is 360 g/mol. The second-order valence-corrected chi connectivity index (χ2v) is 6.81. The number of nitriles is 1. The number of halogens is 3. The van der Waals surface area contributed by atoms with Crippen LogP contribution in [0.4, 0.5) is 13.2 Å².